The second-order valence-corrected chi connectivity index (χ2v) is 6.92. The van der Waals surface area contributed by atoms with Crippen molar-refractivity contribution < 1.29 is 9.59 Å². The first kappa shape index (κ1) is 20.5. The van der Waals surface area contributed by atoms with Crippen LogP contribution in [0.25, 0.3) is 0 Å². The summed E-state index contributed by atoms with van der Waals surface area (Å²) in [4.78, 5) is 28.5. The van der Waals surface area contributed by atoms with Gasteiger partial charge in [0.05, 0.1) is 0 Å². The van der Waals surface area contributed by atoms with Crippen molar-refractivity contribution in [2.24, 2.45) is 10.2 Å². The number of carbonyl (C=O) groups excluding carboxylic acids is 2. The van der Waals surface area contributed by atoms with Crippen LogP contribution < -0.4 is 10.9 Å². The molecular weight excluding hydrogens is 332 g/mol. The second-order valence-electron chi connectivity index (χ2n) is 6.92. The van der Waals surface area contributed by atoms with Crippen LogP contribution in [-0.2, 0) is 9.59 Å². The molecule has 0 aromatic heterocycles. The van der Waals surface area contributed by atoms with Crippen molar-refractivity contribution in [1.82, 2.24) is 20.7 Å². The summed E-state index contributed by atoms with van der Waals surface area (Å²) < 4.78 is 0. The van der Waals surface area contributed by atoms with Crippen molar-refractivity contribution in [3.63, 3.8) is 0 Å². The molecule has 2 amide bonds. The molecule has 8 heteroatoms. The van der Waals surface area contributed by atoms with E-state index < -0.39 is 11.8 Å². The number of carbonyl (C=O) groups is 2. The number of nitrogens with one attached hydrogen (secondary N) is 2. The Labute approximate surface area is 156 Å². The van der Waals surface area contributed by atoms with Crippen molar-refractivity contribution in [3.8, 4) is 0 Å². The molecule has 146 valence electrons. The maximum Gasteiger partial charge on any atom is 0.331 e. The topological polar surface area (TPSA) is 89.4 Å². The molecule has 0 atom stereocenters. The lowest BCUT2D eigenvalue weighted by atomic mass is 10.1. The molecule has 2 aliphatic heterocycles. The van der Waals surface area contributed by atoms with Crippen molar-refractivity contribution in [3.05, 3.63) is 0 Å². The number of hydrazone groups is 2. The van der Waals surface area contributed by atoms with E-state index in [0.29, 0.717) is 0 Å². The first-order chi connectivity index (χ1) is 12.6. The van der Waals surface area contributed by atoms with Gasteiger partial charge in [-0.1, -0.05) is 13.8 Å². The van der Waals surface area contributed by atoms with Gasteiger partial charge >= 0.3 is 11.8 Å². The molecule has 0 spiro atoms. The van der Waals surface area contributed by atoms with E-state index in [4.69, 9.17) is 0 Å². The van der Waals surface area contributed by atoms with E-state index >= 15 is 0 Å². The third-order valence-corrected chi connectivity index (χ3v) is 4.78. The van der Waals surface area contributed by atoms with Crippen LogP contribution in [0.3, 0.4) is 0 Å². The molecule has 8 nitrogen and oxygen atoms in total. The van der Waals surface area contributed by atoms with E-state index in [2.05, 4.69) is 44.7 Å². The average Bonchev–Trinajstić information content (AvgIpc) is 2.67. The summed E-state index contributed by atoms with van der Waals surface area (Å²) in [5.41, 5.74) is 6.58. The summed E-state index contributed by atoms with van der Waals surface area (Å²) in [6.45, 7) is 10.3. The van der Waals surface area contributed by atoms with Crippen LogP contribution in [0.5, 0.6) is 0 Å². The first-order valence-corrected chi connectivity index (χ1v) is 9.78. The lowest BCUT2D eigenvalue weighted by Gasteiger charge is -2.26. The Kier molecular flexibility index (Phi) is 8.70. The monoisotopic (exact) mass is 364 g/mol. The van der Waals surface area contributed by atoms with Gasteiger partial charge in [-0.25, -0.2) is 10.9 Å². The Morgan fingerprint density at radius 3 is 1.42 bits per heavy atom. The van der Waals surface area contributed by atoms with Crippen LogP contribution in [0.4, 0.5) is 0 Å². The third-order valence-electron chi connectivity index (χ3n) is 4.78. The van der Waals surface area contributed by atoms with E-state index in [1.807, 2.05) is 0 Å². The van der Waals surface area contributed by atoms with Gasteiger partial charge in [0.25, 0.3) is 0 Å². The Morgan fingerprint density at radius 2 is 1.12 bits per heavy atom. The molecule has 2 saturated heterocycles. The van der Waals surface area contributed by atoms with Crippen LogP contribution in [0.2, 0.25) is 0 Å². The van der Waals surface area contributed by atoms with Gasteiger partial charge in [0.15, 0.2) is 0 Å². The summed E-state index contributed by atoms with van der Waals surface area (Å²) in [7, 11) is 0. The zero-order chi connectivity index (χ0) is 18.8. The molecule has 0 aliphatic carbocycles. The minimum Gasteiger partial charge on any atom is -0.303 e. The summed E-state index contributed by atoms with van der Waals surface area (Å²) in [5.74, 6) is -1.53. The molecule has 0 aromatic rings. The Hall–Kier alpha value is -1.80. The highest BCUT2D eigenvalue weighted by molar-refractivity contribution is 6.35. The van der Waals surface area contributed by atoms with Gasteiger partial charge in [-0.2, -0.15) is 10.2 Å². The fraction of sp³-hybridized carbons (Fsp3) is 0.778. The minimum atomic E-state index is -0.763. The van der Waals surface area contributed by atoms with Crippen LogP contribution in [0.15, 0.2) is 10.2 Å². The maximum atomic E-state index is 11.8. The molecular formula is C18H32N6O2. The quantitative estimate of drug-likeness (QED) is 0.542. The van der Waals surface area contributed by atoms with Gasteiger partial charge in [0, 0.05) is 63.3 Å². The van der Waals surface area contributed by atoms with E-state index in [1.54, 1.807) is 0 Å². The molecule has 0 saturated carbocycles. The Morgan fingerprint density at radius 1 is 0.769 bits per heavy atom. The zero-order valence-corrected chi connectivity index (χ0v) is 16.1. The number of nitrogens with zero attached hydrogens (tertiary/aromatic N) is 4. The fourth-order valence-corrected chi connectivity index (χ4v) is 3.29. The van der Waals surface area contributed by atoms with Crippen LogP contribution in [0, 0.1) is 0 Å². The molecule has 0 radical (unpaired) electrons. The van der Waals surface area contributed by atoms with Crippen LogP contribution >= 0.6 is 0 Å². The second kappa shape index (κ2) is 11.0. The molecule has 0 unspecified atom stereocenters. The highest BCUT2D eigenvalue weighted by Crippen LogP contribution is 2.08. The summed E-state index contributed by atoms with van der Waals surface area (Å²) in [6, 6.07) is 0. The van der Waals surface area contributed by atoms with Gasteiger partial charge in [0.2, 0.25) is 0 Å². The lowest BCUT2D eigenvalue weighted by Crippen LogP contribution is -2.39. The number of hydrogen-bond donors (Lipinski definition) is 2. The van der Waals surface area contributed by atoms with Crippen LogP contribution in [0.1, 0.15) is 52.4 Å². The predicted octanol–water partition coefficient (Wildman–Crippen LogP) is 0.942. The van der Waals surface area contributed by atoms with E-state index in [9.17, 15) is 9.59 Å². The van der Waals surface area contributed by atoms with Gasteiger partial charge in [0.1, 0.15) is 0 Å². The van der Waals surface area contributed by atoms with Crippen molar-refractivity contribution in [1.29, 1.82) is 0 Å². The minimum absolute atomic E-state index is 0.763. The first-order valence-electron chi connectivity index (χ1n) is 9.78. The third kappa shape index (κ3) is 6.84. The standard InChI is InChI=1S/C18H32N6O2/c1-3-9-23-11-5-15(6-12-23)19-21-17(25)18(26)22-20-16-7-13-24(10-4-2)14-8-16/h3-14H2,1-2H3,(H,21,25)(H,22,26). The fourth-order valence-electron chi connectivity index (χ4n) is 3.29. The molecule has 2 N–H and O–H groups in total. The van der Waals surface area contributed by atoms with Gasteiger partial charge in [-0.15, -0.1) is 0 Å². The number of likely N-dealkylation sites (tertiary alicyclic amines) is 2. The highest BCUT2D eigenvalue weighted by atomic mass is 16.2. The molecule has 2 heterocycles. The molecule has 2 aliphatic rings. The molecule has 0 bridgehead atoms. The number of hydrogen-bond acceptors (Lipinski definition) is 6. The summed E-state index contributed by atoms with van der Waals surface area (Å²) >= 11 is 0. The average molecular weight is 364 g/mol. The largest absolute Gasteiger partial charge is 0.331 e. The Balaban J connectivity index is 1.69. The normalized spacial score (nSPS) is 19.2. The predicted molar refractivity (Wildman–Crippen MR) is 103 cm³/mol. The van der Waals surface area contributed by atoms with Gasteiger partial charge in [-0.3, -0.25) is 9.59 Å². The number of amides is 2. The van der Waals surface area contributed by atoms with Gasteiger partial charge in [-0.05, 0) is 25.9 Å². The Bertz CT molecular complexity index is 478. The molecule has 26 heavy (non-hydrogen) atoms. The molecule has 2 rings (SSSR count). The SMILES string of the molecule is CCCN1CCC(=NNC(=O)C(=O)NN=C2CCN(CCC)CC2)CC1. The number of rotatable bonds is 6. The summed E-state index contributed by atoms with van der Waals surface area (Å²) in [5, 5.41) is 8.20. The van der Waals surface area contributed by atoms with E-state index in [-0.39, 0.29) is 0 Å². The highest BCUT2D eigenvalue weighted by Gasteiger charge is 2.18. The number of piperidine rings is 2. The zero-order valence-electron chi connectivity index (χ0n) is 16.1. The smallest absolute Gasteiger partial charge is 0.303 e. The van der Waals surface area contributed by atoms with Crippen molar-refractivity contribution in [2.45, 2.75) is 52.4 Å². The van der Waals surface area contributed by atoms with Crippen molar-refractivity contribution in [2.75, 3.05) is 39.3 Å². The lowest BCUT2D eigenvalue weighted by molar-refractivity contribution is -0.139. The van der Waals surface area contributed by atoms with Crippen molar-refractivity contribution >= 4 is 23.2 Å². The summed E-state index contributed by atoms with van der Waals surface area (Å²) in [6.07, 6.45) is 5.61. The molecule has 0 aromatic carbocycles. The molecule has 2 fully saturated rings. The van der Waals surface area contributed by atoms with Crippen LogP contribution in [-0.4, -0.2) is 72.3 Å². The van der Waals surface area contributed by atoms with E-state index in [0.717, 1.165) is 89.2 Å². The van der Waals surface area contributed by atoms with E-state index in [1.165, 1.54) is 0 Å². The maximum absolute atomic E-state index is 11.8. The van der Waals surface area contributed by atoms with Gasteiger partial charge < -0.3 is 9.80 Å².